The Morgan fingerprint density at radius 3 is 2.38 bits per heavy atom. The SMILES string of the molecule is CCOC(=O)C[C@H](NC(=O)[C@H](CC(C)C)n1cc(CCN2CC(C)(F)C2)c(C(C)C)nc1=O)c1c(F)c(C)cc(-c2c(F)cccc2Cl)c1F. The van der Waals surface area contributed by atoms with Gasteiger partial charge in [0.25, 0.3) is 0 Å². The Hall–Kier alpha value is -3.77. The summed E-state index contributed by atoms with van der Waals surface area (Å²) in [4.78, 5) is 46.8. The molecule has 0 bridgehead atoms. The molecule has 1 amide bonds. The van der Waals surface area contributed by atoms with Gasteiger partial charge in [-0.3, -0.25) is 19.1 Å². The van der Waals surface area contributed by atoms with Crippen LogP contribution in [0.1, 0.15) is 94.8 Å². The van der Waals surface area contributed by atoms with Crippen molar-refractivity contribution >= 4 is 23.5 Å². The second-order valence-corrected chi connectivity index (χ2v) is 14.4. The Morgan fingerprint density at radius 1 is 1.12 bits per heavy atom. The van der Waals surface area contributed by atoms with E-state index in [1.165, 1.54) is 23.6 Å². The molecule has 1 aliphatic heterocycles. The molecule has 1 N–H and O–H groups in total. The summed E-state index contributed by atoms with van der Waals surface area (Å²) in [6.07, 6.45) is 1.50. The molecule has 1 aromatic heterocycles. The number of likely N-dealkylation sites (tertiary alicyclic amines) is 1. The zero-order valence-electron chi connectivity index (χ0n) is 29.5. The van der Waals surface area contributed by atoms with Gasteiger partial charge in [0, 0.05) is 42.5 Å². The Kier molecular flexibility index (Phi) is 12.5. The van der Waals surface area contributed by atoms with Crippen LogP contribution in [0.2, 0.25) is 5.02 Å². The molecule has 1 fully saturated rings. The third-order valence-electron chi connectivity index (χ3n) is 8.73. The summed E-state index contributed by atoms with van der Waals surface area (Å²) in [5.41, 5.74) is -2.10. The van der Waals surface area contributed by atoms with Crippen molar-refractivity contribution in [3.05, 3.63) is 85.8 Å². The van der Waals surface area contributed by atoms with Gasteiger partial charge in [0.2, 0.25) is 5.91 Å². The van der Waals surface area contributed by atoms with Crippen LogP contribution >= 0.6 is 11.6 Å². The van der Waals surface area contributed by atoms with Crippen molar-refractivity contribution in [3.8, 4) is 11.1 Å². The molecule has 0 unspecified atom stereocenters. The maximum atomic E-state index is 16.4. The van der Waals surface area contributed by atoms with Crippen molar-refractivity contribution in [2.45, 2.75) is 91.4 Å². The molecule has 3 aromatic rings. The van der Waals surface area contributed by atoms with E-state index in [0.29, 0.717) is 24.2 Å². The van der Waals surface area contributed by atoms with Gasteiger partial charge in [-0.1, -0.05) is 45.4 Å². The van der Waals surface area contributed by atoms with E-state index in [9.17, 15) is 23.2 Å². The van der Waals surface area contributed by atoms with E-state index in [1.54, 1.807) is 20.0 Å². The summed E-state index contributed by atoms with van der Waals surface area (Å²) in [5, 5.41) is 2.50. The number of aromatic nitrogens is 2. The minimum Gasteiger partial charge on any atom is -0.466 e. The first-order valence-corrected chi connectivity index (χ1v) is 17.2. The van der Waals surface area contributed by atoms with Crippen molar-refractivity contribution in [1.82, 2.24) is 19.8 Å². The second-order valence-electron chi connectivity index (χ2n) is 14.0. The van der Waals surface area contributed by atoms with Crippen LogP contribution in [0.15, 0.2) is 35.3 Å². The van der Waals surface area contributed by atoms with Crippen LogP contribution in [-0.4, -0.2) is 58.2 Å². The molecule has 0 spiro atoms. The normalized spacial score (nSPS) is 15.6. The fourth-order valence-electron chi connectivity index (χ4n) is 6.47. The van der Waals surface area contributed by atoms with Gasteiger partial charge in [-0.25, -0.2) is 22.4 Å². The molecule has 8 nitrogen and oxygen atoms in total. The highest BCUT2D eigenvalue weighted by molar-refractivity contribution is 6.33. The van der Waals surface area contributed by atoms with Crippen molar-refractivity contribution in [2.24, 2.45) is 5.92 Å². The Labute approximate surface area is 295 Å². The fourth-order valence-corrected chi connectivity index (χ4v) is 6.74. The highest BCUT2D eigenvalue weighted by atomic mass is 35.5. The number of alkyl halides is 1. The van der Waals surface area contributed by atoms with Gasteiger partial charge >= 0.3 is 11.7 Å². The largest absolute Gasteiger partial charge is 0.466 e. The number of ether oxygens (including phenoxy) is 1. The van der Waals surface area contributed by atoms with Gasteiger partial charge in [-0.15, -0.1) is 0 Å². The van der Waals surface area contributed by atoms with Crippen LogP contribution in [0.5, 0.6) is 0 Å². The lowest BCUT2D eigenvalue weighted by atomic mass is 9.92. The summed E-state index contributed by atoms with van der Waals surface area (Å²) in [5.74, 6) is -4.99. The topological polar surface area (TPSA) is 93.5 Å². The van der Waals surface area contributed by atoms with Crippen LogP contribution in [0.3, 0.4) is 0 Å². The van der Waals surface area contributed by atoms with E-state index in [4.69, 9.17) is 16.3 Å². The second kappa shape index (κ2) is 16.1. The summed E-state index contributed by atoms with van der Waals surface area (Å²) >= 11 is 6.25. The van der Waals surface area contributed by atoms with Gasteiger partial charge in [0.1, 0.15) is 29.2 Å². The number of nitrogens with one attached hydrogen (secondary N) is 1. The van der Waals surface area contributed by atoms with Gasteiger partial charge in [-0.2, -0.15) is 4.98 Å². The molecular weight excluding hydrogens is 676 g/mol. The van der Waals surface area contributed by atoms with Gasteiger partial charge in [-0.05, 0) is 74.8 Å². The number of esters is 1. The highest BCUT2D eigenvalue weighted by Gasteiger charge is 2.38. The molecule has 1 aliphatic rings. The summed E-state index contributed by atoms with van der Waals surface area (Å²) < 4.78 is 67.8. The summed E-state index contributed by atoms with van der Waals surface area (Å²) in [6.45, 7) is 13.0. The average molecular weight is 721 g/mol. The lowest BCUT2D eigenvalue weighted by molar-refractivity contribution is -0.144. The van der Waals surface area contributed by atoms with Crippen LogP contribution in [-0.2, 0) is 20.7 Å². The van der Waals surface area contributed by atoms with Crippen LogP contribution in [0.4, 0.5) is 17.6 Å². The molecule has 0 radical (unpaired) electrons. The highest BCUT2D eigenvalue weighted by Crippen LogP contribution is 2.38. The van der Waals surface area contributed by atoms with E-state index in [0.717, 1.165) is 12.1 Å². The molecule has 2 heterocycles. The fraction of sp³-hybridized carbons (Fsp3) is 0.514. The third kappa shape index (κ3) is 8.93. The monoisotopic (exact) mass is 720 g/mol. The first-order valence-electron chi connectivity index (χ1n) is 16.9. The Balaban J connectivity index is 1.79. The number of rotatable bonds is 14. The quantitative estimate of drug-likeness (QED) is 0.138. The van der Waals surface area contributed by atoms with Gasteiger partial charge < -0.3 is 10.1 Å². The number of carbonyl (C=O) groups is 2. The first-order chi connectivity index (χ1) is 23.4. The van der Waals surface area contributed by atoms with E-state index in [1.807, 2.05) is 32.6 Å². The third-order valence-corrected chi connectivity index (χ3v) is 9.05. The zero-order chi connectivity index (χ0) is 37.1. The number of benzene rings is 2. The average Bonchev–Trinajstić information content (AvgIpc) is 3.00. The maximum absolute atomic E-state index is 16.4. The molecule has 13 heteroatoms. The molecule has 50 heavy (non-hydrogen) atoms. The number of amides is 1. The van der Waals surface area contributed by atoms with E-state index in [2.05, 4.69) is 10.3 Å². The Bertz CT molecular complexity index is 1770. The molecule has 272 valence electrons. The number of halogens is 5. The Morgan fingerprint density at radius 2 is 1.80 bits per heavy atom. The molecular formula is C37H45ClF4N4O4. The standard InChI is InChI=1S/C37H45ClF4N4O4/c1-8-50-29(47)16-27(31-32(40)22(6)15-24(33(31)41)30-25(38)10-9-11-26(30)39)43-35(48)28(14-20(2)3)46-17-23(34(21(4)5)44-36(46)49)12-13-45-18-37(7,42)19-45/h9-11,15,17,20-21,27-28H,8,12-14,16,18-19H2,1-7H3,(H,43,48)/t27-,28-/m0/s1. The first kappa shape index (κ1) is 39.0. The smallest absolute Gasteiger partial charge is 0.348 e. The van der Waals surface area contributed by atoms with E-state index < -0.39 is 64.8 Å². The number of carbonyl (C=O) groups excluding carboxylic acids is 2. The minimum absolute atomic E-state index is 0.0294. The molecule has 0 saturated carbocycles. The number of nitrogens with zero attached hydrogens (tertiary/aromatic N) is 3. The van der Waals surface area contributed by atoms with Gasteiger partial charge in [0.05, 0.1) is 29.8 Å². The van der Waals surface area contributed by atoms with Gasteiger partial charge in [0.15, 0.2) is 0 Å². The predicted octanol–water partition coefficient (Wildman–Crippen LogP) is 7.40. The van der Waals surface area contributed by atoms with Crippen molar-refractivity contribution < 1.29 is 31.9 Å². The lowest BCUT2D eigenvalue weighted by Gasteiger charge is -2.42. The summed E-state index contributed by atoms with van der Waals surface area (Å²) in [7, 11) is 0. The number of aryl methyl sites for hydroxylation is 1. The summed E-state index contributed by atoms with van der Waals surface area (Å²) in [6, 6.07) is 2.10. The van der Waals surface area contributed by atoms with E-state index in [-0.39, 0.29) is 59.7 Å². The molecule has 2 atom stereocenters. The molecule has 1 saturated heterocycles. The van der Waals surface area contributed by atoms with Crippen LogP contribution < -0.4 is 11.0 Å². The molecule has 2 aromatic carbocycles. The maximum Gasteiger partial charge on any atom is 0.348 e. The predicted molar refractivity (Wildman–Crippen MR) is 184 cm³/mol. The molecule has 4 rings (SSSR count). The number of hydrogen-bond donors (Lipinski definition) is 1. The van der Waals surface area contributed by atoms with Crippen molar-refractivity contribution in [3.63, 3.8) is 0 Å². The van der Waals surface area contributed by atoms with Crippen LogP contribution in [0.25, 0.3) is 11.1 Å². The van der Waals surface area contributed by atoms with Crippen LogP contribution in [0, 0.1) is 30.3 Å². The van der Waals surface area contributed by atoms with E-state index >= 15 is 8.78 Å². The lowest BCUT2D eigenvalue weighted by Crippen LogP contribution is -2.57. The minimum atomic E-state index is -1.61. The van der Waals surface area contributed by atoms with Crippen molar-refractivity contribution in [2.75, 3.05) is 26.2 Å². The zero-order valence-corrected chi connectivity index (χ0v) is 30.3. The number of hydrogen-bond acceptors (Lipinski definition) is 6. The van der Waals surface area contributed by atoms with Crippen molar-refractivity contribution in [1.29, 1.82) is 0 Å². The molecule has 0 aliphatic carbocycles.